The van der Waals surface area contributed by atoms with Crippen LogP contribution >= 0.6 is 15.9 Å². The standard InChI is InChI=1S/C19H19BrN2O/c1-13-12-19(2,3)22(17-7-5-4-6-16(13)17)18(23)21-15-10-8-14(20)9-11-15/h4-12H,1-3H3,(H,21,23). The lowest BCUT2D eigenvalue weighted by Gasteiger charge is -2.41. The molecule has 1 aliphatic rings. The molecule has 0 saturated carbocycles. The van der Waals surface area contributed by atoms with Crippen LogP contribution in [0.15, 0.2) is 59.1 Å². The summed E-state index contributed by atoms with van der Waals surface area (Å²) in [4.78, 5) is 14.7. The van der Waals surface area contributed by atoms with E-state index in [-0.39, 0.29) is 6.03 Å². The second kappa shape index (κ2) is 5.85. The molecule has 23 heavy (non-hydrogen) atoms. The number of para-hydroxylation sites is 1. The van der Waals surface area contributed by atoms with Gasteiger partial charge in [-0.25, -0.2) is 4.79 Å². The van der Waals surface area contributed by atoms with Gasteiger partial charge in [0.15, 0.2) is 0 Å². The van der Waals surface area contributed by atoms with Crippen molar-refractivity contribution in [3.05, 3.63) is 64.6 Å². The van der Waals surface area contributed by atoms with Gasteiger partial charge < -0.3 is 5.32 Å². The average molecular weight is 371 g/mol. The van der Waals surface area contributed by atoms with Gasteiger partial charge in [0, 0.05) is 15.7 Å². The first-order chi connectivity index (χ1) is 10.9. The number of amides is 2. The number of allylic oxidation sites excluding steroid dienone is 1. The van der Waals surface area contributed by atoms with Crippen LogP contribution in [0.4, 0.5) is 16.2 Å². The summed E-state index contributed by atoms with van der Waals surface area (Å²) in [5.74, 6) is 0. The van der Waals surface area contributed by atoms with Gasteiger partial charge in [0.25, 0.3) is 0 Å². The van der Waals surface area contributed by atoms with Crippen LogP contribution in [-0.2, 0) is 0 Å². The average Bonchev–Trinajstić information content (AvgIpc) is 2.49. The van der Waals surface area contributed by atoms with Gasteiger partial charge in [-0.05, 0) is 56.7 Å². The van der Waals surface area contributed by atoms with E-state index in [2.05, 4.69) is 40.3 Å². The third-order valence-electron chi connectivity index (χ3n) is 4.01. The Hall–Kier alpha value is -2.07. The highest BCUT2D eigenvalue weighted by molar-refractivity contribution is 9.10. The van der Waals surface area contributed by atoms with Crippen LogP contribution in [0.3, 0.4) is 0 Å². The van der Waals surface area contributed by atoms with Crippen LogP contribution in [0.5, 0.6) is 0 Å². The molecule has 0 bridgehead atoms. The number of hydrogen-bond acceptors (Lipinski definition) is 1. The Morgan fingerprint density at radius 1 is 1.09 bits per heavy atom. The Kier molecular flexibility index (Phi) is 4.02. The van der Waals surface area contributed by atoms with Gasteiger partial charge in [-0.3, -0.25) is 4.90 Å². The third-order valence-corrected chi connectivity index (χ3v) is 4.54. The topological polar surface area (TPSA) is 32.3 Å². The van der Waals surface area contributed by atoms with Crippen molar-refractivity contribution in [3.63, 3.8) is 0 Å². The molecule has 0 aliphatic carbocycles. The Bertz CT molecular complexity index is 778. The van der Waals surface area contributed by atoms with Gasteiger partial charge in [0.2, 0.25) is 0 Å². The predicted molar refractivity (Wildman–Crippen MR) is 99.8 cm³/mol. The Morgan fingerprint density at radius 2 is 1.74 bits per heavy atom. The van der Waals surface area contributed by atoms with Gasteiger partial charge in [0.1, 0.15) is 0 Å². The van der Waals surface area contributed by atoms with Gasteiger partial charge in [-0.2, -0.15) is 0 Å². The molecular formula is C19H19BrN2O. The molecule has 0 unspecified atom stereocenters. The highest BCUT2D eigenvalue weighted by Crippen LogP contribution is 2.38. The number of fused-ring (bicyclic) bond motifs is 1. The molecule has 2 amide bonds. The minimum Gasteiger partial charge on any atom is -0.308 e. The Morgan fingerprint density at radius 3 is 2.43 bits per heavy atom. The monoisotopic (exact) mass is 370 g/mol. The molecule has 1 heterocycles. The molecule has 1 aliphatic heterocycles. The maximum Gasteiger partial charge on any atom is 0.327 e. The van der Waals surface area contributed by atoms with Crippen LogP contribution in [0.2, 0.25) is 0 Å². The summed E-state index contributed by atoms with van der Waals surface area (Å²) in [6.07, 6.45) is 2.14. The number of rotatable bonds is 1. The first kappa shape index (κ1) is 15.8. The second-order valence-corrected chi connectivity index (χ2v) is 7.19. The molecule has 118 valence electrons. The van der Waals surface area contributed by atoms with E-state index in [1.165, 1.54) is 5.57 Å². The van der Waals surface area contributed by atoms with E-state index in [1.54, 1.807) is 0 Å². The highest BCUT2D eigenvalue weighted by atomic mass is 79.9. The SMILES string of the molecule is CC1=CC(C)(C)N(C(=O)Nc2ccc(Br)cc2)c2ccccc21. The molecule has 3 nitrogen and oxygen atoms in total. The normalized spacial score (nSPS) is 15.7. The van der Waals surface area contributed by atoms with Crippen molar-refractivity contribution in [3.8, 4) is 0 Å². The van der Waals surface area contributed by atoms with E-state index in [4.69, 9.17) is 0 Å². The van der Waals surface area contributed by atoms with Crippen molar-refractivity contribution in [1.29, 1.82) is 0 Å². The number of benzene rings is 2. The summed E-state index contributed by atoms with van der Waals surface area (Å²) in [6, 6.07) is 15.5. The third kappa shape index (κ3) is 3.04. The largest absolute Gasteiger partial charge is 0.327 e. The van der Waals surface area contributed by atoms with E-state index in [0.717, 1.165) is 21.4 Å². The van der Waals surface area contributed by atoms with Crippen LogP contribution in [0, 0.1) is 0 Å². The van der Waals surface area contributed by atoms with Crippen molar-refractivity contribution in [2.45, 2.75) is 26.3 Å². The van der Waals surface area contributed by atoms with Crippen LogP contribution < -0.4 is 10.2 Å². The molecule has 0 atom stereocenters. The number of carbonyl (C=O) groups is 1. The number of nitrogens with zero attached hydrogens (tertiary/aromatic N) is 1. The molecule has 4 heteroatoms. The zero-order valence-corrected chi connectivity index (χ0v) is 15.0. The highest BCUT2D eigenvalue weighted by Gasteiger charge is 2.35. The number of halogens is 1. The molecule has 1 N–H and O–H groups in total. The molecule has 2 aromatic carbocycles. The molecular weight excluding hydrogens is 352 g/mol. The van der Waals surface area contributed by atoms with Crippen molar-refractivity contribution in [2.24, 2.45) is 0 Å². The fourth-order valence-corrected chi connectivity index (χ4v) is 3.33. The number of hydrogen-bond donors (Lipinski definition) is 1. The summed E-state index contributed by atoms with van der Waals surface area (Å²) in [6.45, 7) is 6.19. The van der Waals surface area contributed by atoms with Crippen molar-refractivity contribution in [1.82, 2.24) is 0 Å². The molecule has 3 rings (SSSR count). The lowest BCUT2D eigenvalue weighted by atomic mass is 9.89. The van der Waals surface area contributed by atoms with E-state index in [0.29, 0.717) is 0 Å². The minimum atomic E-state index is -0.391. The molecule has 0 radical (unpaired) electrons. The Labute approximate surface area is 145 Å². The van der Waals surface area contributed by atoms with Gasteiger partial charge in [0.05, 0.1) is 11.2 Å². The molecule has 0 fully saturated rings. The maximum absolute atomic E-state index is 12.9. The van der Waals surface area contributed by atoms with E-state index in [1.807, 2.05) is 61.2 Å². The summed E-state index contributed by atoms with van der Waals surface area (Å²) >= 11 is 3.40. The minimum absolute atomic E-state index is 0.131. The molecule has 0 aromatic heterocycles. The molecule has 0 saturated heterocycles. The summed E-state index contributed by atoms with van der Waals surface area (Å²) in [5, 5.41) is 2.99. The van der Waals surface area contributed by atoms with Crippen molar-refractivity contribution in [2.75, 3.05) is 10.2 Å². The van der Waals surface area contributed by atoms with E-state index < -0.39 is 5.54 Å². The van der Waals surface area contributed by atoms with Gasteiger partial charge in [-0.15, -0.1) is 0 Å². The van der Waals surface area contributed by atoms with Gasteiger partial charge in [-0.1, -0.05) is 40.2 Å². The first-order valence-electron chi connectivity index (χ1n) is 7.54. The second-order valence-electron chi connectivity index (χ2n) is 6.27. The zero-order valence-electron chi connectivity index (χ0n) is 13.4. The van der Waals surface area contributed by atoms with Crippen LogP contribution in [-0.4, -0.2) is 11.6 Å². The number of urea groups is 1. The number of carbonyl (C=O) groups excluding carboxylic acids is 1. The van der Waals surface area contributed by atoms with Crippen molar-refractivity contribution >= 4 is 38.9 Å². The quantitative estimate of drug-likeness (QED) is 0.687. The number of anilines is 2. The lowest BCUT2D eigenvalue weighted by Crippen LogP contribution is -2.50. The van der Waals surface area contributed by atoms with Gasteiger partial charge >= 0.3 is 6.03 Å². The summed E-state index contributed by atoms with van der Waals surface area (Å²) in [7, 11) is 0. The van der Waals surface area contributed by atoms with Crippen LogP contribution in [0.1, 0.15) is 26.3 Å². The first-order valence-corrected chi connectivity index (χ1v) is 8.33. The molecule has 2 aromatic rings. The van der Waals surface area contributed by atoms with E-state index in [9.17, 15) is 4.79 Å². The lowest BCUT2D eigenvalue weighted by molar-refractivity contribution is 0.253. The van der Waals surface area contributed by atoms with Crippen LogP contribution in [0.25, 0.3) is 5.57 Å². The predicted octanol–water partition coefficient (Wildman–Crippen LogP) is 5.68. The Balaban J connectivity index is 1.97. The number of nitrogens with one attached hydrogen (secondary N) is 1. The smallest absolute Gasteiger partial charge is 0.308 e. The molecule has 0 spiro atoms. The summed E-state index contributed by atoms with van der Waals surface area (Å²) < 4.78 is 0.984. The summed E-state index contributed by atoms with van der Waals surface area (Å²) in [5.41, 5.74) is 3.61. The maximum atomic E-state index is 12.9. The van der Waals surface area contributed by atoms with Crippen molar-refractivity contribution < 1.29 is 4.79 Å². The zero-order chi connectivity index (χ0) is 16.6. The fraction of sp³-hybridized carbons (Fsp3) is 0.211. The van der Waals surface area contributed by atoms with E-state index >= 15 is 0 Å². The fourth-order valence-electron chi connectivity index (χ4n) is 3.07.